The zero-order valence-corrected chi connectivity index (χ0v) is 7.44. The molecule has 2 N–H and O–H groups in total. The molecule has 4 nitrogen and oxygen atoms in total. The van der Waals surface area contributed by atoms with Crippen LogP contribution in [0.3, 0.4) is 0 Å². The molecule has 1 atom stereocenters. The maximum absolute atomic E-state index is 5.52. The first-order valence-corrected chi connectivity index (χ1v) is 3.96. The van der Waals surface area contributed by atoms with Crippen molar-refractivity contribution in [1.82, 2.24) is 10.2 Å². The van der Waals surface area contributed by atoms with Crippen LogP contribution in [0, 0.1) is 0 Å². The van der Waals surface area contributed by atoms with Crippen molar-refractivity contribution in [3.8, 4) is 0 Å². The zero-order valence-electron chi connectivity index (χ0n) is 7.44. The summed E-state index contributed by atoms with van der Waals surface area (Å²) in [6.45, 7) is 2.67. The van der Waals surface area contributed by atoms with Gasteiger partial charge in [0.1, 0.15) is 0 Å². The number of nitrogens with zero attached hydrogens (tertiary/aromatic N) is 3. The Balaban J connectivity index is 2.71. The van der Waals surface area contributed by atoms with Gasteiger partial charge >= 0.3 is 0 Å². The Bertz CT molecular complexity index is 224. The molecule has 0 saturated carbocycles. The molecule has 0 radical (unpaired) electrons. The third-order valence-corrected chi connectivity index (χ3v) is 1.92. The first-order valence-electron chi connectivity index (χ1n) is 3.96. The van der Waals surface area contributed by atoms with E-state index in [4.69, 9.17) is 5.73 Å². The average molecular weight is 166 g/mol. The summed E-state index contributed by atoms with van der Waals surface area (Å²) in [6.07, 6.45) is 1.66. The van der Waals surface area contributed by atoms with Crippen molar-refractivity contribution in [2.45, 2.75) is 13.0 Å². The molecule has 1 unspecified atom stereocenters. The van der Waals surface area contributed by atoms with Crippen LogP contribution < -0.4 is 10.6 Å². The van der Waals surface area contributed by atoms with E-state index in [9.17, 15) is 0 Å². The van der Waals surface area contributed by atoms with Crippen LogP contribution in [0.5, 0.6) is 0 Å². The summed E-state index contributed by atoms with van der Waals surface area (Å²) in [5.41, 5.74) is 5.52. The minimum absolute atomic E-state index is 0.293. The molecule has 1 aromatic heterocycles. The van der Waals surface area contributed by atoms with E-state index in [2.05, 4.69) is 17.1 Å². The van der Waals surface area contributed by atoms with Crippen molar-refractivity contribution in [2.24, 2.45) is 5.73 Å². The predicted molar refractivity (Wildman–Crippen MR) is 49.0 cm³/mol. The van der Waals surface area contributed by atoms with Gasteiger partial charge in [0.2, 0.25) is 0 Å². The maximum atomic E-state index is 5.52. The second-order valence-corrected chi connectivity index (χ2v) is 2.78. The van der Waals surface area contributed by atoms with Crippen molar-refractivity contribution in [2.75, 3.05) is 18.5 Å². The number of rotatable bonds is 3. The summed E-state index contributed by atoms with van der Waals surface area (Å²) in [7, 11) is 1.96. The standard InChI is InChI=1S/C8H14N4/c1-7(6-9)12(2)8-4-3-5-10-11-8/h3-5,7H,6,9H2,1-2H3. The summed E-state index contributed by atoms with van der Waals surface area (Å²) in [6, 6.07) is 4.07. The van der Waals surface area contributed by atoms with E-state index in [1.807, 2.05) is 24.1 Å². The van der Waals surface area contributed by atoms with Gasteiger partial charge in [0.15, 0.2) is 5.82 Å². The van der Waals surface area contributed by atoms with Crippen molar-refractivity contribution in [3.05, 3.63) is 18.3 Å². The molecular weight excluding hydrogens is 152 g/mol. The molecular formula is C8H14N4. The molecule has 1 aromatic rings. The molecule has 4 heteroatoms. The van der Waals surface area contributed by atoms with E-state index in [1.165, 1.54) is 0 Å². The topological polar surface area (TPSA) is 55.0 Å². The molecule has 12 heavy (non-hydrogen) atoms. The summed E-state index contributed by atoms with van der Waals surface area (Å²) in [4.78, 5) is 2.01. The van der Waals surface area contributed by atoms with Crippen LogP contribution in [0.1, 0.15) is 6.92 Å². The number of hydrogen-bond acceptors (Lipinski definition) is 4. The molecule has 0 spiro atoms. The van der Waals surface area contributed by atoms with E-state index >= 15 is 0 Å². The second-order valence-electron chi connectivity index (χ2n) is 2.78. The molecule has 66 valence electrons. The number of likely N-dealkylation sites (N-methyl/N-ethyl adjacent to an activating group) is 1. The van der Waals surface area contributed by atoms with Crippen LogP contribution in [0.25, 0.3) is 0 Å². The van der Waals surface area contributed by atoms with Crippen LogP contribution in [0.2, 0.25) is 0 Å². The lowest BCUT2D eigenvalue weighted by molar-refractivity contribution is 0.682. The van der Waals surface area contributed by atoms with Crippen LogP contribution in [0.4, 0.5) is 5.82 Å². The Labute approximate surface area is 72.4 Å². The van der Waals surface area contributed by atoms with Crippen molar-refractivity contribution in [3.63, 3.8) is 0 Å². The Morgan fingerprint density at radius 2 is 2.42 bits per heavy atom. The van der Waals surface area contributed by atoms with Crippen LogP contribution in [-0.4, -0.2) is 29.8 Å². The smallest absolute Gasteiger partial charge is 0.151 e. The Hall–Kier alpha value is -1.16. The number of aromatic nitrogens is 2. The molecule has 0 aliphatic carbocycles. The highest BCUT2D eigenvalue weighted by Gasteiger charge is 2.08. The summed E-state index contributed by atoms with van der Waals surface area (Å²) in [5, 5.41) is 7.76. The third-order valence-electron chi connectivity index (χ3n) is 1.92. The van der Waals surface area contributed by atoms with E-state index < -0.39 is 0 Å². The molecule has 1 heterocycles. The van der Waals surface area contributed by atoms with Gasteiger partial charge in [0.05, 0.1) is 0 Å². The second kappa shape index (κ2) is 4.01. The lowest BCUT2D eigenvalue weighted by Gasteiger charge is -2.23. The Kier molecular flexibility index (Phi) is 2.99. The van der Waals surface area contributed by atoms with Gasteiger partial charge in [0, 0.05) is 25.8 Å². The normalized spacial score (nSPS) is 12.6. The Morgan fingerprint density at radius 1 is 1.67 bits per heavy atom. The molecule has 0 fully saturated rings. The minimum Gasteiger partial charge on any atom is -0.354 e. The number of hydrogen-bond donors (Lipinski definition) is 1. The van der Waals surface area contributed by atoms with Crippen LogP contribution >= 0.6 is 0 Å². The van der Waals surface area contributed by atoms with Crippen LogP contribution in [-0.2, 0) is 0 Å². The first-order chi connectivity index (χ1) is 5.75. The van der Waals surface area contributed by atoms with Gasteiger partial charge in [-0.1, -0.05) is 0 Å². The van der Waals surface area contributed by atoms with Crippen LogP contribution in [0.15, 0.2) is 18.3 Å². The highest BCUT2D eigenvalue weighted by Crippen LogP contribution is 2.07. The third kappa shape index (κ3) is 1.92. The summed E-state index contributed by atoms with van der Waals surface area (Å²) in [5.74, 6) is 0.857. The lowest BCUT2D eigenvalue weighted by atomic mass is 10.3. The number of anilines is 1. The van der Waals surface area contributed by atoms with Gasteiger partial charge in [-0.3, -0.25) is 0 Å². The zero-order chi connectivity index (χ0) is 8.97. The van der Waals surface area contributed by atoms with Gasteiger partial charge in [-0.15, -0.1) is 5.10 Å². The predicted octanol–water partition coefficient (Wildman–Crippen LogP) is 0.260. The fraction of sp³-hybridized carbons (Fsp3) is 0.500. The van der Waals surface area contributed by atoms with E-state index in [1.54, 1.807) is 6.20 Å². The van der Waals surface area contributed by atoms with Crippen molar-refractivity contribution in [1.29, 1.82) is 0 Å². The van der Waals surface area contributed by atoms with Gasteiger partial charge in [-0.05, 0) is 19.1 Å². The highest BCUT2D eigenvalue weighted by atomic mass is 15.3. The monoisotopic (exact) mass is 166 g/mol. The highest BCUT2D eigenvalue weighted by molar-refractivity contribution is 5.36. The fourth-order valence-electron chi connectivity index (χ4n) is 0.865. The van der Waals surface area contributed by atoms with E-state index in [-0.39, 0.29) is 0 Å². The van der Waals surface area contributed by atoms with Crippen molar-refractivity contribution >= 4 is 5.82 Å². The largest absolute Gasteiger partial charge is 0.354 e. The molecule has 0 amide bonds. The maximum Gasteiger partial charge on any atom is 0.151 e. The summed E-state index contributed by atoms with van der Waals surface area (Å²) >= 11 is 0. The molecule has 0 bridgehead atoms. The van der Waals surface area contributed by atoms with Gasteiger partial charge in [0.25, 0.3) is 0 Å². The van der Waals surface area contributed by atoms with Gasteiger partial charge in [-0.2, -0.15) is 5.10 Å². The van der Waals surface area contributed by atoms with Gasteiger partial charge in [-0.25, -0.2) is 0 Å². The van der Waals surface area contributed by atoms with Gasteiger partial charge < -0.3 is 10.6 Å². The molecule has 0 saturated heterocycles. The van der Waals surface area contributed by atoms with E-state index in [0.29, 0.717) is 12.6 Å². The molecule has 1 rings (SSSR count). The fourth-order valence-corrected chi connectivity index (χ4v) is 0.865. The average Bonchev–Trinajstić information content (AvgIpc) is 2.17. The SMILES string of the molecule is CC(CN)N(C)c1cccnn1. The number of nitrogens with two attached hydrogens (primary N) is 1. The minimum atomic E-state index is 0.293. The van der Waals surface area contributed by atoms with E-state index in [0.717, 1.165) is 5.82 Å². The first kappa shape index (κ1) is 8.93. The van der Waals surface area contributed by atoms with Crippen molar-refractivity contribution < 1.29 is 0 Å². The molecule has 0 aromatic carbocycles. The quantitative estimate of drug-likeness (QED) is 0.699. The molecule has 0 aliphatic rings. The molecule has 0 aliphatic heterocycles. The summed E-state index contributed by atoms with van der Waals surface area (Å²) < 4.78 is 0. The Morgan fingerprint density at radius 3 is 2.92 bits per heavy atom. The lowest BCUT2D eigenvalue weighted by Crippen LogP contribution is -2.35.